The van der Waals surface area contributed by atoms with Gasteiger partial charge in [0.05, 0.1) is 34.2 Å². The molecule has 4 fully saturated rings. The number of anilines is 6. The van der Waals surface area contributed by atoms with E-state index in [2.05, 4.69) is 75.8 Å². The number of nitrogens with zero attached hydrogens (tertiary/aromatic N) is 14. The fourth-order valence-electron chi connectivity index (χ4n) is 13.2. The molecule has 3 aromatic carbocycles. The van der Waals surface area contributed by atoms with Gasteiger partial charge in [-0.2, -0.15) is 0 Å². The molecule has 0 spiro atoms. The first-order chi connectivity index (χ1) is 49.9. The predicted octanol–water partition coefficient (Wildman–Crippen LogP) is 12.0. The highest BCUT2D eigenvalue weighted by atomic mass is 16.5. The zero-order valence-electron chi connectivity index (χ0n) is 56.9. The third-order valence-corrected chi connectivity index (χ3v) is 18.8. The Morgan fingerprint density at radius 2 is 0.902 bits per heavy atom. The molecule has 26 heteroatoms. The van der Waals surface area contributed by atoms with Crippen molar-refractivity contribution in [1.82, 2.24) is 84.3 Å². The fraction of sp³-hybridized carbons (Fsp3) is 0.276. The number of hydrogen-bond acceptors (Lipinski definition) is 18. The lowest BCUT2D eigenvalue weighted by atomic mass is 10.00. The second-order valence-corrected chi connectivity index (χ2v) is 25.7. The summed E-state index contributed by atoms with van der Waals surface area (Å²) in [4.78, 5) is 110. The Morgan fingerprint density at radius 3 is 1.33 bits per heavy atom. The number of H-pyrrole nitrogens is 3. The van der Waals surface area contributed by atoms with Gasteiger partial charge in [0.1, 0.15) is 17.1 Å². The number of fused-ring (bicyclic) bond motifs is 3. The number of aromatic amines is 3. The molecule has 0 aliphatic carbocycles. The summed E-state index contributed by atoms with van der Waals surface area (Å²) < 4.78 is 10.8. The van der Waals surface area contributed by atoms with E-state index in [-0.39, 0.29) is 35.8 Å². The number of nitrogens with one attached hydrogen (secondary N) is 6. The van der Waals surface area contributed by atoms with E-state index in [1.165, 1.54) is 0 Å². The second-order valence-electron chi connectivity index (χ2n) is 25.7. The first-order valence-electron chi connectivity index (χ1n) is 34.3. The Balaban J connectivity index is 0.000000130. The Bertz CT molecular complexity index is 4900. The maximum atomic E-state index is 13.2. The van der Waals surface area contributed by atoms with E-state index in [0.717, 1.165) is 155 Å². The van der Waals surface area contributed by atoms with Crippen LogP contribution in [0.4, 0.5) is 39.7 Å². The molecule has 102 heavy (non-hydrogen) atoms. The topological polar surface area (TPSA) is 302 Å². The molecule has 0 atom stereocenters. The summed E-state index contributed by atoms with van der Waals surface area (Å²) in [7, 11) is 5.56. The number of hydrogen-bond donors (Lipinski definition) is 6. The van der Waals surface area contributed by atoms with Crippen LogP contribution in [-0.2, 0) is 9.47 Å². The number of pyridine rings is 3. The van der Waals surface area contributed by atoms with Crippen LogP contribution in [0.5, 0.6) is 0 Å². The molecule has 6 N–H and O–H groups in total. The van der Waals surface area contributed by atoms with Gasteiger partial charge in [0, 0.05) is 179 Å². The number of likely N-dealkylation sites (N-methyl/N-ethyl adjacent to an activating group) is 1. The number of urea groups is 1. The van der Waals surface area contributed by atoms with Gasteiger partial charge in [-0.3, -0.25) is 29.3 Å². The molecule has 13 heterocycles. The molecule has 4 aliphatic heterocycles. The molecule has 518 valence electrons. The normalized spacial score (nSPS) is 15.2. The van der Waals surface area contributed by atoms with Crippen molar-refractivity contribution >= 4 is 91.4 Å². The lowest BCUT2D eigenvalue weighted by molar-refractivity contribution is 0.0359. The molecule has 9 aromatic heterocycles. The van der Waals surface area contributed by atoms with E-state index < -0.39 is 0 Å². The lowest BCUT2D eigenvalue weighted by Gasteiger charge is -2.36. The number of rotatable bonds is 16. The Morgan fingerprint density at radius 1 is 0.471 bits per heavy atom. The summed E-state index contributed by atoms with van der Waals surface area (Å²) in [5.74, 6) is 1.92. The molecular formula is C76H78N20O6. The summed E-state index contributed by atoms with van der Waals surface area (Å²) in [5.41, 5.74) is 11.5. The lowest BCUT2D eigenvalue weighted by Crippen LogP contribution is -2.47. The zero-order chi connectivity index (χ0) is 69.9. The minimum atomic E-state index is -0.0135. The van der Waals surface area contributed by atoms with Gasteiger partial charge in [0.2, 0.25) is 17.8 Å². The Kier molecular flexibility index (Phi) is 20.4. The molecule has 12 aromatic rings. The van der Waals surface area contributed by atoms with Crippen LogP contribution in [0.2, 0.25) is 0 Å². The van der Waals surface area contributed by atoms with Gasteiger partial charge in [-0.25, -0.2) is 34.7 Å². The van der Waals surface area contributed by atoms with Crippen LogP contribution in [0.1, 0.15) is 70.0 Å². The number of ether oxygens (including phenoxy) is 2. The number of carbonyl (C=O) groups is 4. The standard InChI is InChI=1S/C27H28N8O2.C25H26N6O2.C24H24N6O2/c1-33-14-15-35(27(33)37)20-8-12-34(13-9-20)25(36)24-17-18-16-19(5-6-21(18)31-24)30-26-29-11-7-23(32-26)22-4-2-3-10-28-22;1-31(16-17-8-12-33-13-9-17)24(32)23-15-18-14-19(5-6-20(18)29-23)28-25-27-11-7-22(30-25)21-4-2-3-10-26-21;1-30(18-8-12-32-13-9-18)23(31)22-15-16-14-17(5-6-19(16)28-22)27-24-26-11-7-21(29-24)20-4-2-3-10-25-20/h2-7,10-11,16-17,20,31H,8-9,12-15H2,1H3,(H,29,30,32);2-7,10-11,14-15,17,29H,8-9,12-13,16H2,1H3,(H,27,28,30);2-7,10-11,14-15,18,28H,8-9,12-13H2,1H3,(H,26,27,29). The van der Waals surface area contributed by atoms with Crippen molar-refractivity contribution in [1.29, 1.82) is 0 Å². The van der Waals surface area contributed by atoms with Crippen LogP contribution in [-0.4, -0.2) is 200 Å². The summed E-state index contributed by atoms with van der Waals surface area (Å²) >= 11 is 0. The minimum Gasteiger partial charge on any atom is -0.381 e. The fourth-order valence-corrected chi connectivity index (χ4v) is 13.2. The molecule has 5 amide bonds. The highest BCUT2D eigenvalue weighted by molar-refractivity contribution is 6.01. The van der Waals surface area contributed by atoms with Gasteiger partial charge in [-0.05, 0) is 172 Å². The number of aromatic nitrogens is 12. The molecule has 26 nitrogen and oxygen atoms in total. The van der Waals surface area contributed by atoms with Gasteiger partial charge < -0.3 is 64.9 Å². The monoisotopic (exact) mass is 1370 g/mol. The predicted molar refractivity (Wildman–Crippen MR) is 391 cm³/mol. The third kappa shape index (κ3) is 16.0. The van der Waals surface area contributed by atoms with Crippen molar-refractivity contribution < 1.29 is 28.7 Å². The van der Waals surface area contributed by atoms with E-state index in [1.54, 1.807) is 47.0 Å². The zero-order valence-corrected chi connectivity index (χ0v) is 56.9. The summed E-state index contributed by atoms with van der Waals surface area (Å²) in [6.45, 7) is 6.53. The number of carbonyl (C=O) groups excluding carboxylic acids is 4. The van der Waals surface area contributed by atoms with Crippen molar-refractivity contribution in [2.45, 2.75) is 50.6 Å². The molecule has 0 bridgehead atoms. The SMILES string of the molecule is CN(C(=O)c1cc2cc(Nc3nccc(-c4ccccn4)n3)ccc2[nH]1)C1CCOCC1.CN(CC1CCOCC1)C(=O)c1cc2cc(Nc3nccc(-c4ccccn4)n3)ccc2[nH]1.CN1CCN(C2CCN(C(=O)c3cc4cc(Nc5nccc(-c6ccccn6)n5)ccc4[nH]3)CC2)C1=O. The molecule has 16 rings (SSSR count). The Hall–Kier alpha value is -12.0. The van der Waals surface area contributed by atoms with Crippen LogP contribution in [0.3, 0.4) is 0 Å². The number of likely N-dealkylation sites (tertiary alicyclic amines) is 1. The number of benzene rings is 3. The van der Waals surface area contributed by atoms with Crippen molar-refractivity contribution in [2.24, 2.45) is 5.92 Å². The van der Waals surface area contributed by atoms with Crippen LogP contribution in [0.25, 0.3) is 66.9 Å². The maximum Gasteiger partial charge on any atom is 0.320 e. The molecule has 0 radical (unpaired) electrons. The average molecular weight is 1370 g/mol. The van der Waals surface area contributed by atoms with Crippen molar-refractivity contribution in [3.8, 4) is 34.2 Å². The van der Waals surface area contributed by atoms with E-state index in [0.29, 0.717) is 67.1 Å². The number of piperidine rings is 1. The van der Waals surface area contributed by atoms with Gasteiger partial charge in [-0.1, -0.05) is 18.2 Å². The molecule has 0 saturated carbocycles. The van der Waals surface area contributed by atoms with Gasteiger partial charge in [-0.15, -0.1) is 0 Å². The largest absolute Gasteiger partial charge is 0.381 e. The van der Waals surface area contributed by atoms with Crippen molar-refractivity contribution in [3.05, 3.63) is 200 Å². The van der Waals surface area contributed by atoms with Crippen molar-refractivity contribution in [2.75, 3.05) is 96.2 Å². The van der Waals surface area contributed by atoms with E-state index in [1.807, 2.05) is 181 Å². The number of amides is 5. The van der Waals surface area contributed by atoms with E-state index >= 15 is 0 Å². The van der Waals surface area contributed by atoms with Gasteiger partial charge in [0.25, 0.3) is 17.7 Å². The third-order valence-electron chi connectivity index (χ3n) is 18.8. The molecular weight excluding hydrogens is 1290 g/mol. The summed E-state index contributed by atoms with van der Waals surface area (Å²) in [6.07, 6.45) is 15.7. The summed E-state index contributed by atoms with van der Waals surface area (Å²) in [6, 6.07) is 46.4. The Labute approximate surface area is 588 Å². The van der Waals surface area contributed by atoms with Gasteiger partial charge in [0.15, 0.2) is 0 Å². The van der Waals surface area contributed by atoms with Crippen LogP contribution >= 0.6 is 0 Å². The highest BCUT2D eigenvalue weighted by Crippen LogP contribution is 2.30. The molecule has 4 aliphatic rings. The summed E-state index contributed by atoms with van der Waals surface area (Å²) in [5, 5.41) is 12.6. The van der Waals surface area contributed by atoms with E-state index in [4.69, 9.17) is 9.47 Å². The smallest absolute Gasteiger partial charge is 0.320 e. The minimum absolute atomic E-state index is 0.00130. The van der Waals surface area contributed by atoms with Crippen LogP contribution < -0.4 is 16.0 Å². The molecule has 0 unspecified atom stereocenters. The first kappa shape index (κ1) is 67.2. The maximum absolute atomic E-state index is 13.2. The average Bonchev–Trinajstić information content (AvgIpc) is 1.67. The second kappa shape index (κ2) is 31.0. The quantitative estimate of drug-likeness (QED) is 0.0524. The highest BCUT2D eigenvalue weighted by Gasteiger charge is 2.35. The van der Waals surface area contributed by atoms with Crippen LogP contribution in [0, 0.1) is 5.92 Å². The van der Waals surface area contributed by atoms with Crippen molar-refractivity contribution in [3.63, 3.8) is 0 Å². The van der Waals surface area contributed by atoms with E-state index in [9.17, 15) is 19.2 Å². The first-order valence-corrected chi connectivity index (χ1v) is 34.3. The van der Waals surface area contributed by atoms with Crippen LogP contribution in [0.15, 0.2) is 183 Å². The molecule has 4 saturated heterocycles. The van der Waals surface area contributed by atoms with Gasteiger partial charge >= 0.3 is 6.03 Å².